The number of anilines is 1. The van der Waals surface area contributed by atoms with Gasteiger partial charge in [-0.25, -0.2) is 0 Å². The highest BCUT2D eigenvalue weighted by molar-refractivity contribution is 6.01. The molecule has 2 aromatic rings. The van der Waals surface area contributed by atoms with Crippen molar-refractivity contribution in [2.45, 2.75) is 46.1 Å². The van der Waals surface area contributed by atoms with Crippen molar-refractivity contribution in [3.8, 4) is 5.75 Å². The van der Waals surface area contributed by atoms with E-state index in [-0.39, 0.29) is 24.1 Å². The molecule has 3 rings (SSSR count). The Bertz CT molecular complexity index is 933. The van der Waals surface area contributed by atoms with E-state index in [1.807, 2.05) is 36.1 Å². The lowest BCUT2D eigenvalue weighted by molar-refractivity contribution is -0.133. The van der Waals surface area contributed by atoms with E-state index in [1.165, 1.54) is 11.8 Å². The molecule has 0 bridgehead atoms. The number of carbonyl (C=O) groups is 3. The Morgan fingerprint density at radius 1 is 1.03 bits per heavy atom. The van der Waals surface area contributed by atoms with Gasteiger partial charge in [-0.05, 0) is 64.3 Å². The van der Waals surface area contributed by atoms with Gasteiger partial charge in [0, 0.05) is 24.3 Å². The average Bonchev–Trinajstić information content (AvgIpc) is 2.78. The Labute approximate surface area is 183 Å². The number of hydrogen-bond donors (Lipinski definition) is 0. The highest BCUT2D eigenvalue weighted by Crippen LogP contribution is 2.21. The number of likely N-dealkylation sites (tertiary alicyclic amines) is 1. The Balaban J connectivity index is 1.79. The lowest BCUT2D eigenvalue weighted by atomic mass is 10.1. The number of ketones is 1. The molecule has 0 saturated carbocycles. The summed E-state index contributed by atoms with van der Waals surface area (Å²) in [4.78, 5) is 41.2. The largest absolute Gasteiger partial charge is 0.481 e. The van der Waals surface area contributed by atoms with Gasteiger partial charge in [-0.3, -0.25) is 19.3 Å². The number of Topliss-reactive ketones (excluding diaryl/α,β-unsaturated/α-hetero) is 1. The summed E-state index contributed by atoms with van der Waals surface area (Å²) < 4.78 is 5.85. The van der Waals surface area contributed by atoms with E-state index in [9.17, 15) is 14.4 Å². The predicted octanol–water partition coefficient (Wildman–Crippen LogP) is 4.01. The van der Waals surface area contributed by atoms with Gasteiger partial charge >= 0.3 is 0 Å². The smallest absolute Gasteiger partial charge is 0.268 e. The van der Waals surface area contributed by atoms with Gasteiger partial charge < -0.3 is 9.64 Å². The van der Waals surface area contributed by atoms with Gasteiger partial charge in [0.2, 0.25) is 5.91 Å². The average molecular weight is 423 g/mol. The summed E-state index contributed by atoms with van der Waals surface area (Å²) in [5.41, 5.74) is 2.26. The van der Waals surface area contributed by atoms with Gasteiger partial charge in [0.15, 0.2) is 11.9 Å². The van der Waals surface area contributed by atoms with Gasteiger partial charge in [0.25, 0.3) is 5.91 Å². The second-order valence-electron chi connectivity index (χ2n) is 8.05. The Morgan fingerprint density at radius 2 is 1.71 bits per heavy atom. The Hall–Kier alpha value is -3.15. The fourth-order valence-electron chi connectivity index (χ4n) is 3.66. The highest BCUT2D eigenvalue weighted by atomic mass is 16.5. The minimum Gasteiger partial charge on any atom is -0.481 e. The fourth-order valence-corrected chi connectivity index (χ4v) is 3.66. The molecule has 6 heteroatoms. The van der Waals surface area contributed by atoms with Gasteiger partial charge in [0.1, 0.15) is 12.3 Å². The van der Waals surface area contributed by atoms with Crippen molar-refractivity contribution in [3.05, 3.63) is 59.7 Å². The number of rotatable bonds is 7. The number of hydrogen-bond acceptors (Lipinski definition) is 4. The van der Waals surface area contributed by atoms with E-state index >= 15 is 0 Å². The van der Waals surface area contributed by atoms with Crippen molar-refractivity contribution in [3.63, 3.8) is 0 Å². The molecule has 1 saturated heterocycles. The van der Waals surface area contributed by atoms with E-state index in [4.69, 9.17) is 4.74 Å². The molecule has 1 unspecified atom stereocenters. The monoisotopic (exact) mass is 422 g/mol. The molecule has 1 aliphatic rings. The van der Waals surface area contributed by atoms with Crippen molar-refractivity contribution < 1.29 is 19.1 Å². The second kappa shape index (κ2) is 10.2. The second-order valence-corrected chi connectivity index (χ2v) is 8.05. The number of carbonyl (C=O) groups excluding carboxylic acids is 3. The summed E-state index contributed by atoms with van der Waals surface area (Å²) in [6, 6.07) is 14.3. The van der Waals surface area contributed by atoms with Crippen LogP contribution in [0.4, 0.5) is 5.69 Å². The van der Waals surface area contributed by atoms with Crippen molar-refractivity contribution in [2.24, 2.45) is 0 Å². The van der Waals surface area contributed by atoms with Crippen molar-refractivity contribution in [2.75, 3.05) is 24.5 Å². The number of ether oxygens (including phenoxy) is 1. The minimum absolute atomic E-state index is 0.0247. The molecule has 6 nitrogen and oxygen atoms in total. The molecule has 2 amide bonds. The molecule has 1 aliphatic heterocycles. The maximum absolute atomic E-state index is 13.3. The SMILES string of the molecule is CC(=O)c1cccc(OC(C)C(=O)N(CC(=O)N2CCCCC2)c2ccc(C)cc2)c1. The van der Waals surface area contributed by atoms with Crippen LogP contribution in [0.25, 0.3) is 0 Å². The molecule has 164 valence electrons. The van der Waals surface area contributed by atoms with Crippen LogP contribution in [0.5, 0.6) is 5.75 Å². The van der Waals surface area contributed by atoms with Crippen LogP contribution in [-0.4, -0.2) is 48.2 Å². The normalized spacial score (nSPS) is 14.6. The first-order chi connectivity index (χ1) is 14.8. The van der Waals surface area contributed by atoms with Crippen LogP contribution in [0.3, 0.4) is 0 Å². The third-order valence-corrected chi connectivity index (χ3v) is 5.52. The zero-order valence-corrected chi connectivity index (χ0v) is 18.5. The number of amides is 2. The number of aryl methyl sites for hydroxylation is 1. The Morgan fingerprint density at radius 3 is 2.35 bits per heavy atom. The van der Waals surface area contributed by atoms with Crippen LogP contribution in [0.15, 0.2) is 48.5 Å². The molecular formula is C25H30N2O4. The zero-order valence-electron chi connectivity index (χ0n) is 18.5. The quantitative estimate of drug-likeness (QED) is 0.633. The van der Waals surface area contributed by atoms with E-state index in [1.54, 1.807) is 31.2 Å². The summed E-state index contributed by atoms with van der Waals surface area (Å²) in [6.07, 6.45) is 2.30. The summed E-state index contributed by atoms with van der Waals surface area (Å²) in [7, 11) is 0. The van der Waals surface area contributed by atoms with Crippen LogP contribution >= 0.6 is 0 Å². The first kappa shape index (κ1) is 22.5. The first-order valence-corrected chi connectivity index (χ1v) is 10.8. The zero-order chi connectivity index (χ0) is 22.4. The van der Waals surface area contributed by atoms with Crippen molar-refractivity contribution >= 4 is 23.3 Å². The molecule has 0 spiro atoms. The van der Waals surface area contributed by atoms with Gasteiger partial charge in [-0.1, -0.05) is 29.8 Å². The maximum atomic E-state index is 13.3. The lowest BCUT2D eigenvalue weighted by Crippen LogP contribution is -2.48. The lowest BCUT2D eigenvalue weighted by Gasteiger charge is -2.31. The minimum atomic E-state index is -0.822. The van der Waals surface area contributed by atoms with Gasteiger partial charge in [-0.15, -0.1) is 0 Å². The number of benzene rings is 2. The molecule has 1 atom stereocenters. The topological polar surface area (TPSA) is 66.9 Å². The molecule has 1 fully saturated rings. The summed E-state index contributed by atoms with van der Waals surface area (Å²) in [6.45, 7) is 6.57. The van der Waals surface area contributed by atoms with Crippen molar-refractivity contribution in [1.82, 2.24) is 4.90 Å². The number of piperidine rings is 1. The fraction of sp³-hybridized carbons (Fsp3) is 0.400. The van der Waals surface area contributed by atoms with E-state index in [2.05, 4.69) is 0 Å². The van der Waals surface area contributed by atoms with Crippen LogP contribution in [-0.2, 0) is 9.59 Å². The molecule has 0 aliphatic carbocycles. The van der Waals surface area contributed by atoms with Crippen LogP contribution in [0, 0.1) is 6.92 Å². The van der Waals surface area contributed by atoms with Crippen molar-refractivity contribution in [1.29, 1.82) is 0 Å². The molecule has 2 aromatic carbocycles. The van der Waals surface area contributed by atoms with Crippen LogP contribution in [0.2, 0.25) is 0 Å². The summed E-state index contributed by atoms with van der Waals surface area (Å²) in [5, 5.41) is 0. The van der Waals surface area contributed by atoms with E-state index < -0.39 is 6.10 Å². The molecule has 0 N–H and O–H groups in total. The first-order valence-electron chi connectivity index (χ1n) is 10.8. The molecule has 1 heterocycles. The van der Waals surface area contributed by atoms with E-state index in [0.29, 0.717) is 17.0 Å². The molecule has 0 aromatic heterocycles. The third-order valence-electron chi connectivity index (χ3n) is 5.52. The van der Waals surface area contributed by atoms with Crippen LogP contribution in [0.1, 0.15) is 49.0 Å². The van der Waals surface area contributed by atoms with E-state index in [0.717, 1.165) is 37.9 Å². The molecule has 0 radical (unpaired) electrons. The van der Waals surface area contributed by atoms with Gasteiger partial charge in [-0.2, -0.15) is 0 Å². The summed E-state index contributed by atoms with van der Waals surface area (Å²) >= 11 is 0. The summed E-state index contributed by atoms with van der Waals surface area (Å²) in [5.74, 6) is 0.0134. The molecule has 31 heavy (non-hydrogen) atoms. The Kier molecular flexibility index (Phi) is 7.45. The highest BCUT2D eigenvalue weighted by Gasteiger charge is 2.28. The standard InChI is InChI=1S/C25H30N2O4/c1-18-10-12-22(13-11-18)27(17-24(29)26-14-5-4-6-15-26)25(30)20(3)31-23-9-7-8-21(16-23)19(2)28/h7-13,16,20H,4-6,14-15,17H2,1-3H3. The van der Waals surface area contributed by atoms with Gasteiger partial charge in [0.05, 0.1) is 0 Å². The maximum Gasteiger partial charge on any atom is 0.268 e. The number of nitrogens with zero attached hydrogens (tertiary/aromatic N) is 2. The third kappa shape index (κ3) is 5.94. The molecular weight excluding hydrogens is 392 g/mol. The predicted molar refractivity (Wildman–Crippen MR) is 120 cm³/mol. The van der Waals surface area contributed by atoms with Crippen LogP contribution < -0.4 is 9.64 Å².